The first-order valence-electron chi connectivity index (χ1n) is 9.81. The van der Waals surface area contributed by atoms with Gasteiger partial charge in [-0.3, -0.25) is 4.79 Å². The van der Waals surface area contributed by atoms with Crippen LogP contribution in [-0.4, -0.2) is 52.3 Å². The van der Waals surface area contributed by atoms with Crippen LogP contribution in [0.25, 0.3) is 0 Å². The Bertz CT molecular complexity index is 653. The molecule has 0 spiro atoms. The monoisotopic (exact) mass is 395 g/mol. The lowest BCUT2D eigenvalue weighted by molar-refractivity contribution is -0.129. The number of amides is 1. The SMILES string of the molecule is COC(=O)c1ccc(CCCC2SCC(=O)N2CCC2(O)CCCCC2)o1. The van der Waals surface area contributed by atoms with E-state index in [4.69, 9.17) is 4.42 Å². The smallest absolute Gasteiger partial charge is 0.373 e. The van der Waals surface area contributed by atoms with E-state index in [1.807, 2.05) is 4.90 Å². The number of aryl methyl sites for hydroxylation is 1. The van der Waals surface area contributed by atoms with E-state index in [-0.39, 0.29) is 17.0 Å². The third-order valence-corrected chi connectivity index (χ3v) is 6.88. The van der Waals surface area contributed by atoms with Crippen LogP contribution >= 0.6 is 11.8 Å². The second-order valence-corrected chi connectivity index (χ2v) is 8.70. The highest BCUT2D eigenvalue weighted by atomic mass is 32.2. The topological polar surface area (TPSA) is 80.0 Å². The summed E-state index contributed by atoms with van der Waals surface area (Å²) in [5, 5.41) is 10.9. The second kappa shape index (κ2) is 9.15. The van der Waals surface area contributed by atoms with Gasteiger partial charge >= 0.3 is 5.97 Å². The molecule has 0 aromatic carbocycles. The van der Waals surface area contributed by atoms with Crippen LogP contribution in [0.15, 0.2) is 16.5 Å². The van der Waals surface area contributed by atoms with Crippen LogP contribution in [0.5, 0.6) is 0 Å². The van der Waals surface area contributed by atoms with Crippen molar-refractivity contribution in [1.82, 2.24) is 4.90 Å². The number of carbonyl (C=O) groups excluding carboxylic acids is 2. The summed E-state index contributed by atoms with van der Waals surface area (Å²) in [6, 6.07) is 3.43. The predicted molar refractivity (Wildman–Crippen MR) is 104 cm³/mol. The number of hydrogen-bond donors (Lipinski definition) is 1. The van der Waals surface area contributed by atoms with Crippen LogP contribution in [0.1, 0.15) is 67.7 Å². The third-order valence-electron chi connectivity index (χ3n) is 5.59. The van der Waals surface area contributed by atoms with Gasteiger partial charge in [0.15, 0.2) is 0 Å². The fourth-order valence-corrected chi connectivity index (χ4v) is 5.21. The lowest BCUT2D eigenvalue weighted by Gasteiger charge is -2.34. The van der Waals surface area contributed by atoms with Gasteiger partial charge in [0.2, 0.25) is 11.7 Å². The Morgan fingerprint density at radius 3 is 2.89 bits per heavy atom. The molecule has 1 aromatic rings. The van der Waals surface area contributed by atoms with Gasteiger partial charge in [0.25, 0.3) is 0 Å². The highest BCUT2D eigenvalue weighted by Crippen LogP contribution is 2.34. The number of thioether (sulfide) groups is 1. The number of nitrogens with zero attached hydrogens (tertiary/aromatic N) is 1. The molecular weight excluding hydrogens is 366 g/mol. The summed E-state index contributed by atoms with van der Waals surface area (Å²) in [6.07, 6.45) is 8.23. The number of ether oxygens (including phenoxy) is 1. The fraction of sp³-hybridized carbons (Fsp3) is 0.700. The Kier molecular flexibility index (Phi) is 6.87. The molecule has 1 aromatic heterocycles. The van der Waals surface area contributed by atoms with Crippen molar-refractivity contribution in [2.24, 2.45) is 0 Å². The van der Waals surface area contributed by atoms with Gasteiger partial charge in [0, 0.05) is 13.0 Å². The molecule has 27 heavy (non-hydrogen) atoms. The van der Waals surface area contributed by atoms with E-state index in [1.165, 1.54) is 13.5 Å². The maximum absolute atomic E-state index is 12.3. The van der Waals surface area contributed by atoms with Gasteiger partial charge in [-0.15, -0.1) is 11.8 Å². The maximum Gasteiger partial charge on any atom is 0.373 e. The zero-order valence-electron chi connectivity index (χ0n) is 15.9. The van der Waals surface area contributed by atoms with Gasteiger partial charge < -0.3 is 19.2 Å². The van der Waals surface area contributed by atoms with Gasteiger partial charge in [-0.05, 0) is 44.2 Å². The van der Waals surface area contributed by atoms with E-state index in [9.17, 15) is 14.7 Å². The van der Waals surface area contributed by atoms with E-state index in [0.29, 0.717) is 18.7 Å². The quantitative estimate of drug-likeness (QED) is 0.680. The number of carbonyl (C=O) groups is 2. The summed E-state index contributed by atoms with van der Waals surface area (Å²) in [5.74, 6) is 1.21. The lowest BCUT2D eigenvalue weighted by atomic mass is 9.82. The van der Waals surface area contributed by atoms with Crippen molar-refractivity contribution in [2.75, 3.05) is 19.4 Å². The first-order chi connectivity index (χ1) is 13.0. The molecule has 7 heteroatoms. The summed E-state index contributed by atoms with van der Waals surface area (Å²) in [6.45, 7) is 0.639. The number of hydrogen-bond acceptors (Lipinski definition) is 6. The maximum atomic E-state index is 12.3. The first kappa shape index (κ1) is 20.3. The number of methoxy groups -OCH3 is 1. The normalized spacial score (nSPS) is 22.2. The van der Waals surface area contributed by atoms with Crippen LogP contribution in [0, 0.1) is 0 Å². The first-order valence-corrected chi connectivity index (χ1v) is 10.9. The standard InChI is InChI=1S/C20H29NO5S/c1-25-19(23)16-9-8-15(26-16)6-5-7-18-21(17(22)14-27-18)13-12-20(24)10-3-2-4-11-20/h8-9,18,24H,2-7,10-14H2,1H3. The third kappa shape index (κ3) is 5.29. The lowest BCUT2D eigenvalue weighted by Crippen LogP contribution is -2.40. The Hall–Kier alpha value is -1.47. The van der Waals surface area contributed by atoms with Crippen molar-refractivity contribution >= 4 is 23.6 Å². The Balaban J connectivity index is 1.46. The zero-order valence-corrected chi connectivity index (χ0v) is 16.8. The van der Waals surface area contributed by atoms with E-state index >= 15 is 0 Å². The molecular formula is C20H29NO5S. The molecule has 1 amide bonds. The van der Waals surface area contributed by atoms with Gasteiger partial charge in [-0.1, -0.05) is 19.3 Å². The van der Waals surface area contributed by atoms with Crippen molar-refractivity contribution < 1.29 is 23.8 Å². The molecule has 1 aliphatic carbocycles. The van der Waals surface area contributed by atoms with Gasteiger partial charge in [0.1, 0.15) is 5.76 Å². The molecule has 2 heterocycles. The average molecular weight is 396 g/mol. The Morgan fingerprint density at radius 2 is 2.15 bits per heavy atom. The molecule has 0 radical (unpaired) electrons. The number of aliphatic hydroxyl groups is 1. The molecule has 1 aliphatic heterocycles. The molecule has 1 saturated heterocycles. The van der Waals surface area contributed by atoms with Gasteiger partial charge in [0.05, 0.1) is 23.8 Å². The summed E-state index contributed by atoms with van der Waals surface area (Å²) >= 11 is 1.68. The van der Waals surface area contributed by atoms with E-state index in [1.54, 1.807) is 23.9 Å². The largest absolute Gasteiger partial charge is 0.463 e. The molecule has 2 aliphatic rings. The van der Waals surface area contributed by atoms with Crippen LogP contribution in [0.3, 0.4) is 0 Å². The number of furan rings is 1. The summed E-state index contributed by atoms with van der Waals surface area (Å²) in [4.78, 5) is 25.6. The average Bonchev–Trinajstić information content (AvgIpc) is 3.27. The summed E-state index contributed by atoms with van der Waals surface area (Å²) in [7, 11) is 1.33. The molecule has 150 valence electrons. The highest BCUT2D eigenvalue weighted by molar-refractivity contribution is 8.00. The van der Waals surface area contributed by atoms with Crippen molar-refractivity contribution in [3.05, 3.63) is 23.7 Å². The molecule has 2 fully saturated rings. The van der Waals surface area contributed by atoms with E-state index in [2.05, 4.69) is 4.74 Å². The molecule has 1 unspecified atom stereocenters. The minimum atomic E-state index is -0.588. The van der Waals surface area contributed by atoms with E-state index < -0.39 is 11.6 Å². The van der Waals surface area contributed by atoms with Crippen molar-refractivity contribution in [3.63, 3.8) is 0 Å². The minimum Gasteiger partial charge on any atom is -0.463 e. The zero-order chi connectivity index (χ0) is 19.3. The Labute approximate surface area is 164 Å². The minimum absolute atomic E-state index is 0.166. The number of rotatable bonds is 8. The molecule has 6 nitrogen and oxygen atoms in total. The molecule has 3 rings (SSSR count). The van der Waals surface area contributed by atoms with Gasteiger partial charge in [-0.25, -0.2) is 4.79 Å². The van der Waals surface area contributed by atoms with Crippen LogP contribution < -0.4 is 0 Å². The van der Waals surface area contributed by atoms with Crippen LogP contribution in [0.2, 0.25) is 0 Å². The van der Waals surface area contributed by atoms with Crippen LogP contribution in [-0.2, 0) is 16.0 Å². The molecule has 1 saturated carbocycles. The highest BCUT2D eigenvalue weighted by Gasteiger charge is 2.35. The molecule has 1 N–H and O–H groups in total. The van der Waals surface area contributed by atoms with Crippen molar-refractivity contribution in [3.8, 4) is 0 Å². The summed E-state index contributed by atoms with van der Waals surface area (Å²) < 4.78 is 10.1. The Morgan fingerprint density at radius 1 is 1.37 bits per heavy atom. The van der Waals surface area contributed by atoms with Gasteiger partial charge in [-0.2, -0.15) is 0 Å². The van der Waals surface area contributed by atoms with E-state index in [0.717, 1.165) is 50.7 Å². The fourth-order valence-electron chi connectivity index (χ4n) is 3.97. The molecule has 0 bridgehead atoms. The second-order valence-electron chi connectivity index (χ2n) is 7.54. The van der Waals surface area contributed by atoms with Crippen molar-refractivity contribution in [1.29, 1.82) is 0 Å². The van der Waals surface area contributed by atoms with Crippen LogP contribution in [0.4, 0.5) is 0 Å². The predicted octanol–water partition coefficient (Wildman–Crippen LogP) is 3.38. The summed E-state index contributed by atoms with van der Waals surface area (Å²) in [5.41, 5.74) is -0.588. The number of esters is 1. The van der Waals surface area contributed by atoms with Crippen molar-refractivity contribution in [2.45, 2.75) is 68.8 Å². The molecule has 1 atom stereocenters.